The molecule has 0 aliphatic carbocycles. The third kappa shape index (κ3) is 2.47. The summed E-state index contributed by atoms with van der Waals surface area (Å²) in [6, 6.07) is 2.36. The van der Waals surface area contributed by atoms with Crippen LogP contribution in [0.1, 0.15) is 23.7 Å². The summed E-state index contributed by atoms with van der Waals surface area (Å²) < 4.78 is 80.5. The molecule has 0 fully saturated rings. The van der Waals surface area contributed by atoms with E-state index >= 15 is 0 Å². The van der Waals surface area contributed by atoms with E-state index in [0.717, 1.165) is 12.1 Å². The molecule has 0 heterocycles. The molecule has 7 heteroatoms. The van der Waals surface area contributed by atoms with E-state index in [-0.39, 0.29) is 12.0 Å². The molecule has 0 N–H and O–H groups in total. The van der Waals surface area contributed by atoms with Crippen LogP contribution in [0.2, 0.25) is 0 Å². The van der Waals surface area contributed by atoms with Gasteiger partial charge in [0.05, 0.1) is 5.56 Å². The summed E-state index contributed by atoms with van der Waals surface area (Å²) in [6.07, 6.45) is -0.0893. The molecule has 1 nitrogen and oxygen atoms in total. The molecule has 0 saturated carbocycles. The molecule has 0 aliphatic rings. The van der Waals surface area contributed by atoms with Gasteiger partial charge in [-0.05, 0) is 18.2 Å². The van der Waals surface area contributed by atoms with Crippen LogP contribution in [0.15, 0.2) is 18.2 Å². The smallest absolute Gasteiger partial charge is 0.200 e. The molecule has 22 heavy (non-hydrogen) atoms. The molecule has 2 aromatic carbocycles. The Morgan fingerprint density at radius 2 is 1.36 bits per heavy atom. The lowest BCUT2D eigenvalue weighted by molar-refractivity contribution is 0.0988. The van der Waals surface area contributed by atoms with Crippen LogP contribution in [0.25, 0.3) is 11.1 Å². The molecule has 0 spiro atoms. The van der Waals surface area contributed by atoms with Gasteiger partial charge in [-0.15, -0.1) is 0 Å². The van der Waals surface area contributed by atoms with Gasteiger partial charge in [-0.2, -0.15) is 0 Å². The van der Waals surface area contributed by atoms with Crippen LogP contribution in [-0.2, 0) is 0 Å². The van der Waals surface area contributed by atoms with Crippen LogP contribution in [0.4, 0.5) is 26.3 Å². The highest BCUT2D eigenvalue weighted by atomic mass is 19.2. The Morgan fingerprint density at radius 1 is 0.864 bits per heavy atom. The Bertz CT molecular complexity index is 740. The molecule has 2 rings (SSSR count). The predicted octanol–water partition coefficient (Wildman–Crippen LogP) is 4.78. The summed E-state index contributed by atoms with van der Waals surface area (Å²) in [5, 5.41) is 0. The fourth-order valence-electron chi connectivity index (χ4n) is 2.00. The number of hydrogen-bond acceptors (Lipinski definition) is 1. The normalized spacial score (nSPS) is 10.9. The Hall–Kier alpha value is -2.31. The lowest BCUT2D eigenvalue weighted by Crippen LogP contribution is -2.08. The van der Waals surface area contributed by atoms with Crippen molar-refractivity contribution >= 4 is 5.78 Å². The number of carbonyl (C=O) groups excluding carboxylic acids is 1. The van der Waals surface area contributed by atoms with Crippen molar-refractivity contribution in [3.05, 3.63) is 58.7 Å². The molecule has 2 aromatic rings. The fourth-order valence-corrected chi connectivity index (χ4v) is 2.00. The monoisotopic (exact) mass is 318 g/mol. The molecule has 0 saturated heterocycles. The summed E-state index contributed by atoms with van der Waals surface area (Å²) in [5.74, 6) is -12.5. The van der Waals surface area contributed by atoms with E-state index in [9.17, 15) is 31.1 Å². The maximum Gasteiger partial charge on any atom is 0.200 e. The third-order valence-electron chi connectivity index (χ3n) is 3.08. The van der Waals surface area contributed by atoms with Gasteiger partial charge in [0.15, 0.2) is 29.1 Å². The van der Waals surface area contributed by atoms with Crippen LogP contribution < -0.4 is 0 Å². The van der Waals surface area contributed by atoms with E-state index in [2.05, 4.69) is 0 Å². The van der Waals surface area contributed by atoms with Gasteiger partial charge in [-0.25, -0.2) is 26.3 Å². The first-order chi connectivity index (χ1) is 10.3. The summed E-state index contributed by atoms with van der Waals surface area (Å²) in [6.45, 7) is 1.44. The molecular weight excluding hydrogens is 310 g/mol. The highest BCUT2D eigenvalue weighted by Crippen LogP contribution is 2.34. The molecule has 116 valence electrons. The molecule has 0 amide bonds. The van der Waals surface area contributed by atoms with Crippen molar-refractivity contribution in [1.82, 2.24) is 0 Å². The third-order valence-corrected chi connectivity index (χ3v) is 3.08. The van der Waals surface area contributed by atoms with Crippen LogP contribution in [-0.4, -0.2) is 5.78 Å². The van der Waals surface area contributed by atoms with Crippen LogP contribution in [0.5, 0.6) is 0 Å². The average molecular weight is 318 g/mol. The van der Waals surface area contributed by atoms with E-state index in [1.165, 1.54) is 6.92 Å². The number of benzene rings is 2. The van der Waals surface area contributed by atoms with Crippen molar-refractivity contribution in [1.29, 1.82) is 0 Å². The van der Waals surface area contributed by atoms with Gasteiger partial charge in [0.2, 0.25) is 5.82 Å². The van der Waals surface area contributed by atoms with Gasteiger partial charge >= 0.3 is 0 Å². The minimum Gasteiger partial charge on any atom is -0.294 e. The standard InChI is InChI=1S/C15H8F6O/c1-2-9(22)7-4-3-6(16)5-8(7)10-11(17)13(19)15(21)14(20)12(10)18/h3-5H,2H2,1H3. The molecular formula is C15H8F6O. The summed E-state index contributed by atoms with van der Waals surface area (Å²) in [5.41, 5.74) is -2.33. The van der Waals surface area contributed by atoms with Crippen molar-refractivity contribution in [3.63, 3.8) is 0 Å². The van der Waals surface area contributed by atoms with E-state index in [0.29, 0.717) is 6.07 Å². The van der Waals surface area contributed by atoms with Crippen molar-refractivity contribution in [2.75, 3.05) is 0 Å². The van der Waals surface area contributed by atoms with Gasteiger partial charge in [0, 0.05) is 17.5 Å². The van der Waals surface area contributed by atoms with Gasteiger partial charge in [-0.1, -0.05) is 6.92 Å². The first-order valence-corrected chi connectivity index (χ1v) is 6.14. The molecule has 0 bridgehead atoms. The van der Waals surface area contributed by atoms with Gasteiger partial charge in [0.25, 0.3) is 0 Å². The maximum atomic E-state index is 13.8. The Morgan fingerprint density at radius 3 is 1.86 bits per heavy atom. The second-order valence-electron chi connectivity index (χ2n) is 4.41. The van der Waals surface area contributed by atoms with E-state index in [4.69, 9.17) is 0 Å². The largest absolute Gasteiger partial charge is 0.294 e. The lowest BCUT2D eigenvalue weighted by atomic mass is 9.94. The number of halogens is 6. The second kappa shape index (κ2) is 5.82. The fraction of sp³-hybridized carbons (Fsp3) is 0.133. The molecule has 0 unspecified atom stereocenters. The Kier molecular flexibility index (Phi) is 4.25. The topological polar surface area (TPSA) is 17.1 Å². The molecule has 0 atom stereocenters. The highest BCUT2D eigenvalue weighted by molar-refractivity contribution is 6.02. The highest BCUT2D eigenvalue weighted by Gasteiger charge is 2.28. The van der Waals surface area contributed by atoms with E-state index in [1.807, 2.05) is 0 Å². The van der Waals surface area contributed by atoms with E-state index in [1.54, 1.807) is 0 Å². The Balaban J connectivity index is 2.88. The maximum absolute atomic E-state index is 13.8. The average Bonchev–Trinajstić information content (AvgIpc) is 2.50. The number of rotatable bonds is 3. The molecule has 0 aromatic heterocycles. The quantitative estimate of drug-likeness (QED) is 0.344. The second-order valence-corrected chi connectivity index (χ2v) is 4.41. The minimum absolute atomic E-state index is 0.0893. The van der Waals surface area contributed by atoms with Crippen molar-refractivity contribution in [2.45, 2.75) is 13.3 Å². The van der Waals surface area contributed by atoms with Gasteiger partial charge in [0.1, 0.15) is 5.82 Å². The Labute approximate surface area is 121 Å². The SMILES string of the molecule is CCC(=O)c1ccc(F)cc1-c1c(F)c(F)c(F)c(F)c1F. The summed E-state index contributed by atoms with van der Waals surface area (Å²) in [4.78, 5) is 11.7. The van der Waals surface area contributed by atoms with Crippen LogP contribution in [0, 0.1) is 34.9 Å². The zero-order valence-electron chi connectivity index (χ0n) is 11.1. The predicted molar refractivity (Wildman–Crippen MR) is 66.2 cm³/mol. The lowest BCUT2D eigenvalue weighted by Gasteiger charge is -2.12. The first-order valence-electron chi connectivity index (χ1n) is 6.14. The first kappa shape index (κ1) is 16.1. The van der Waals surface area contributed by atoms with E-state index < -0.39 is 51.8 Å². The zero-order chi connectivity index (χ0) is 16.6. The summed E-state index contributed by atoms with van der Waals surface area (Å²) in [7, 11) is 0. The number of carbonyl (C=O) groups is 1. The van der Waals surface area contributed by atoms with Crippen molar-refractivity contribution in [2.24, 2.45) is 0 Å². The number of ketones is 1. The summed E-state index contributed by atoms with van der Waals surface area (Å²) >= 11 is 0. The van der Waals surface area contributed by atoms with Crippen molar-refractivity contribution in [3.8, 4) is 11.1 Å². The van der Waals surface area contributed by atoms with Gasteiger partial charge in [-0.3, -0.25) is 4.79 Å². The van der Waals surface area contributed by atoms with Crippen LogP contribution >= 0.6 is 0 Å². The van der Waals surface area contributed by atoms with Crippen LogP contribution in [0.3, 0.4) is 0 Å². The molecule has 0 radical (unpaired) electrons. The minimum atomic E-state index is -2.32. The van der Waals surface area contributed by atoms with Crippen molar-refractivity contribution < 1.29 is 31.1 Å². The zero-order valence-corrected chi connectivity index (χ0v) is 11.1. The van der Waals surface area contributed by atoms with Gasteiger partial charge < -0.3 is 0 Å². The molecule has 0 aliphatic heterocycles. The number of Topliss-reactive ketones (excluding diaryl/α,β-unsaturated/α-hetero) is 1. The number of hydrogen-bond donors (Lipinski definition) is 0.